The maximum Gasteiger partial charge on any atom is 0.133 e. The van der Waals surface area contributed by atoms with E-state index in [1.54, 1.807) is 0 Å². The zero-order valence-corrected chi connectivity index (χ0v) is 13.9. The fourth-order valence-corrected chi connectivity index (χ4v) is 2.56. The highest BCUT2D eigenvalue weighted by atomic mass is 79.9. The van der Waals surface area contributed by atoms with Gasteiger partial charge in [-0.2, -0.15) is 0 Å². The lowest BCUT2D eigenvalue weighted by atomic mass is 10.1. The van der Waals surface area contributed by atoms with Crippen LogP contribution in [0.3, 0.4) is 0 Å². The number of pyridine rings is 1. The van der Waals surface area contributed by atoms with Crippen molar-refractivity contribution in [1.29, 1.82) is 0 Å². The molecular weight excluding hydrogens is 312 g/mol. The predicted molar refractivity (Wildman–Crippen MR) is 83.4 cm³/mol. The van der Waals surface area contributed by atoms with E-state index in [2.05, 4.69) is 59.6 Å². The van der Waals surface area contributed by atoms with Crippen LogP contribution in [0.4, 0.5) is 5.82 Å². The lowest BCUT2D eigenvalue weighted by Gasteiger charge is -2.29. The maximum atomic E-state index is 6.03. The highest BCUT2D eigenvalue weighted by Crippen LogP contribution is 2.24. The van der Waals surface area contributed by atoms with Crippen molar-refractivity contribution in [3.05, 3.63) is 22.3 Å². The average molecular weight is 334 g/mol. The molecule has 0 spiro atoms. The Bertz CT molecular complexity index is 370. The van der Waals surface area contributed by atoms with E-state index >= 15 is 0 Å². The zero-order valence-electron chi connectivity index (χ0n) is 11.6. The highest BCUT2D eigenvalue weighted by molar-refractivity contribution is 9.10. The monoisotopic (exact) mass is 332 g/mol. The SMILES string of the molecule is CC(C)CN(CC(C)C)c1ncc(Br)cc1CCl. The van der Waals surface area contributed by atoms with Gasteiger partial charge in [-0.15, -0.1) is 11.6 Å². The third-order valence-electron chi connectivity index (χ3n) is 2.52. The van der Waals surface area contributed by atoms with Crippen LogP contribution in [-0.2, 0) is 5.88 Å². The van der Waals surface area contributed by atoms with Gasteiger partial charge in [-0.1, -0.05) is 27.7 Å². The molecule has 0 saturated carbocycles. The Balaban J connectivity index is 3.03. The molecule has 0 saturated heterocycles. The normalized spacial score (nSPS) is 11.3. The number of hydrogen-bond donors (Lipinski definition) is 0. The second-order valence-electron chi connectivity index (χ2n) is 5.46. The summed E-state index contributed by atoms with van der Waals surface area (Å²) in [5, 5.41) is 0. The molecule has 102 valence electrons. The van der Waals surface area contributed by atoms with Gasteiger partial charge in [0.25, 0.3) is 0 Å². The number of nitrogens with zero attached hydrogens (tertiary/aromatic N) is 2. The largest absolute Gasteiger partial charge is 0.356 e. The van der Waals surface area contributed by atoms with Crippen LogP contribution >= 0.6 is 27.5 Å². The quantitative estimate of drug-likeness (QED) is 0.701. The van der Waals surface area contributed by atoms with Crippen molar-refractivity contribution in [3.63, 3.8) is 0 Å². The van der Waals surface area contributed by atoms with Gasteiger partial charge in [-0.25, -0.2) is 4.98 Å². The van der Waals surface area contributed by atoms with Crippen LogP contribution in [-0.4, -0.2) is 18.1 Å². The molecule has 0 amide bonds. The van der Waals surface area contributed by atoms with Crippen molar-refractivity contribution in [2.24, 2.45) is 11.8 Å². The number of rotatable bonds is 6. The Morgan fingerprint density at radius 3 is 2.22 bits per heavy atom. The molecule has 0 radical (unpaired) electrons. The third-order valence-corrected chi connectivity index (χ3v) is 3.25. The van der Waals surface area contributed by atoms with Crippen molar-refractivity contribution in [2.75, 3.05) is 18.0 Å². The number of halogens is 2. The second kappa shape index (κ2) is 7.34. The summed E-state index contributed by atoms with van der Waals surface area (Å²) in [5.74, 6) is 2.74. The van der Waals surface area contributed by atoms with E-state index in [0.29, 0.717) is 17.7 Å². The topological polar surface area (TPSA) is 16.1 Å². The van der Waals surface area contributed by atoms with E-state index in [1.807, 2.05) is 6.20 Å². The maximum absolute atomic E-state index is 6.03. The van der Waals surface area contributed by atoms with Crippen LogP contribution in [0.25, 0.3) is 0 Å². The van der Waals surface area contributed by atoms with Gasteiger partial charge in [-0.3, -0.25) is 0 Å². The van der Waals surface area contributed by atoms with Crippen LogP contribution in [0.15, 0.2) is 16.7 Å². The van der Waals surface area contributed by atoms with E-state index in [0.717, 1.165) is 28.9 Å². The first-order valence-corrected chi connectivity index (χ1v) is 7.72. The van der Waals surface area contributed by atoms with E-state index in [4.69, 9.17) is 11.6 Å². The van der Waals surface area contributed by atoms with E-state index < -0.39 is 0 Å². The molecule has 0 fully saturated rings. The van der Waals surface area contributed by atoms with Crippen LogP contribution in [0.5, 0.6) is 0 Å². The van der Waals surface area contributed by atoms with Gasteiger partial charge in [0.1, 0.15) is 5.82 Å². The van der Waals surface area contributed by atoms with Crippen LogP contribution < -0.4 is 4.90 Å². The van der Waals surface area contributed by atoms with E-state index in [-0.39, 0.29) is 0 Å². The Kier molecular flexibility index (Phi) is 6.44. The predicted octanol–water partition coefficient (Wildman–Crippen LogP) is 4.70. The van der Waals surface area contributed by atoms with Crippen molar-refractivity contribution in [2.45, 2.75) is 33.6 Å². The lowest BCUT2D eigenvalue weighted by Crippen LogP contribution is -2.32. The molecule has 0 N–H and O–H groups in total. The Labute approximate surface area is 124 Å². The molecule has 2 nitrogen and oxygen atoms in total. The summed E-state index contributed by atoms with van der Waals surface area (Å²) in [5.41, 5.74) is 1.09. The molecule has 0 unspecified atom stereocenters. The first-order chi connectivity index (χ1) is 8.43. The van der Waals surface area contributed by atoms with Crippen molar-refractivity contribution in [1.82, 2.24) is 4.98 Å². The summed E-state index contributed by atoms with van der Waals surface area (Å²) in [7, 11) is 0. The lowest BCUT2D eigenvalue weighted by molar-refractivity contribution is 0.548. The fourth-order valence-electron chi connectivity index (χ4n) is 1.99. The highest BCUT2D eigenvalue weighted by Gasteiger charge is 2.15. The first-order valence-electron chi connectivity index (χ1n) is 6.39. The molecule has 0 atom stereocenters. The summed E-state index contributed by atoms with van der Waals surface area (Å²) in [6.07, 6.45) is 1.85. The second-order valence-corrected chi connectivity index (χ2v) is 6.65. The average Bonchev–Trinajstić information content (AvgIpc) is 2.26. The van der Waals surface area contributed by atoms with Crippen molar-refractivity contribution in [3.8, 4) is 0 Å². The molecule has 4 heteroatoms. The zero-order chi connectivity index (χ0) is 13.7. The Hall–Kier alpha value is -0.280. The molecule has 0 aromatic carbocycles. The minimum atomic E-state index is 0.495. The summed E-state index contributed by atoms with van der Waals surface area (Å²) >= 11 is 9.48. The molecule has 0 aliphatic carbocycles. The van der Waals surface area contributed by atoms with E-state index in [1.165, 1.54) is 0 Å². The summed E-state index contributed by atoms with van der Waals surface area (Å²) < 4.78 is 0.982. The molecule has 1 aromatic heterocycles. The number of anilines is 1. The molecule has 1 heterocycles. The summed E-state index contributed by atoms with van der Waals surface area (Å²) in [4.78, 5) is 6.90. The molecule has 18 heavy (non-hydrogen) atoms. The van der Waals surface area contributed by atoms with Crippen molar-refractivity contribution < 1.29 is 0 Å². The van der Waals surface area contributed by atoms with Gasteiger partial charge < -0.3 is 4.90 Å². The van der Waals surface area contributed by atoms with Gasteiger partial charge in [0, 0.05) is 29.3 Å². The molecule has 0 aliphatic rings. The van der Waals surface area contributed by atoms with Crippen molar-refractivity contribution >= 4 is 33.3 Å². The first kappa shape index (κ1) is 15.8. The van der Waals surface area contributed by atoms with Gasteiger partial charge in [0.05, 0.1) is 5.88 Å². The summed E-state index contributed by atoms with van der Waals surface area (Å²) in [6, 6.07) is 2.06. The molecular formula is C14H22BrClN2. The molecule has 1 rings (SSSR count). The minimum absolute atomic E-state index is 0.495. The third kappa shape index (κ3) is 4.77. The van der Waals surface area contributed by atoms with Gasteiger partial charge in [0.15, 0.2) is 0 Å². The summed E-state index contributed by atoms with van der Waals surface area (Å²) in [6.45, 7) is 10.9. The number of hydrogen-bond acceptors (Lipinski definition) is 2. The molecule has 0 bridgehead atoms. The fraction of sp³-hybridized carbons (Fsp3) is 0.643. The van der Waals surface area contributed by atoms with Gasteiger partial charge in [-0.05, 0) is 33.8 Å². The van der Waals surface area contributed by atoms with Gasteiger partial charge >= 0.3 is 0 Å². The molecule has 0 aliphatic heterocycles. The smallest absolute Gasteiger partial charge is 0.133 e. The number of aromatic nitrogens is 1. The number of alkyl halides is 1. The van der Waals surface area contributed by atoms with Gasteiger partial charge in [0.2, 0.25) is 0 Å². The van der Waals surface area contributed by atoms with E-state index in [9.17, 15) is 0 Å². The Morgan fingerprint density at radius 2 is 1.78 bits per heavy atom. The Morgan fingerprint density at radius 1 is 1.22 bits per heavy atom. The van der Waals surface area contributed by atoms with Crippen LogP contribution in [0.1, 0.15) is 33.3 Å². The standard InChI is InChI=1S/C14H22BrClN2/c1-10(2)8-18(9-11(3)4)14-12(6-16)5-13(15)7-17-14/h5,7,10-11H,6,8-9H2,1-4H3. The van der Waals surface area contributed by atoms with Crippen LogP contribution in [0.2, 0.25) is 0 Å². The van der Waals surface area contributed by atoms with Crippen LogP contribution in [0, 0.1) is 11.8 Å². The molecule has 1 aromatic rings. The minimum Gasteiger partial charge on any atom is -0.356 e.